The molecule has 0 unspecified atom stereocenters. The van der Waals surface area contributed by atoms with E-state index in [0.29, 0.717) is 12.2 Å². The van der Waals surface area contributed by atoms with Crippen LogP contribution in [-0.4, -0.2) is 12.6 Å². The number of hydrogen-bond acceptors (Lipinski definition) is 3. The summed E-state index contributed by atoms with van der Waals surface area (Å²) >= 11 is 0. The lowest BCUT2D eigenvalue weighted by Crippen LogP contribution is -2.04. The number of carbonyl (C=O) groups excluding carboxylic acids is 1. The van der Waals surface area contributed by atoms with E-state index in [4.69, 9.17) is 9.15 Å². The highest BCUT2D eigenvalue weighted by Crippen LogP contribution is 2.29. The molecule has 0 fully saturated rings. The molecular formula is C14H14O3. The molecular weight excluding hydrogens is 216 g/mol. The summed E-state index contributed by atoms with van der Waals surface area (Å²) in [5.74, 6) is 0.377. The van der Waals surface area contributed by atoms with E-state index in [1.807, 2.05) is 37.3 Å². The van der Waals surface area contributed by atoms with Crippen LogP contribution >= 0.6 is 0 Å². The van der Waals surface area contributed by atoms with Gasteiger partial charge in [0.25, 0.3) is 0 Å². The second kappa shape index (κ2) is 4.87. The van der Waals surface area contributed by atoms with Crippen molar-refractivity contribution in [3.63, 3.8) is 0 Å². The van der Waals surface area contributed by atoms with Crippen LogP contribution in [0.4, 0.5) is 0 Å². The van der Waals surface area contributed by atoms with E-state index >= 15 is 0 Å². The summed E-state index contributed by atoms with van der Waals surface area (Å²) in [5, 5.41) is 0. The molecule has 1 aromatic carbocycles. The second-order valence-electron chi connectivity index (χ2n) is 3.67. The zero-order chi connectivity index (χ0) is 12.3. The van der Waals surface area contributed by atoms with Gasteiger partial charge in [-0.3, -0.25) is 0 Å². The van der Waals surface area contributed by atoms with Crippen molar-refractivity contribution < 1.29 is 13.9 Å². The summed E-state index contributed by atoms with van der Waals surface area (Å²) in [6.45, 7) is 3.98. The third-order valence-corrected chi connectivity index (χ3v) is 2.53. The molecule has 1 aromatic heterocycles. The summed E-state index contributed by atoms with van der Waals surface area (Å²) in [6, 6.07) is 9.68. The van der Waals surface area contributed by atoms with Gasteiger partial charge in [-0.25, -0.2) is 4.79 Å². The molecule has 0 spiro atoms. The summed E-state index contributed by atoms with van der Waals surface area (Å²) < 4.78 is 10.3. The smallest absolute Gasteiger partial charge is 0.342 e. The molecule has 0 saturated carbocycles. The van der Waals surface area contributed by atoms with E-state index < -0.39 is 0 Å². The van der Waals surface area contributed by atoms with Crippen molar-refractivity contribution in [2.45, 2.75) is 13.8 Å². The summed E-state index contributed by atoms with van der Waals surface area (Å²) in [5.41, 5.74) is 2.25. The van der Waals surface area contributed by atoms with Gasteiger partial charge in [0, 0.05) is 5.56 Å². The Labute approximate surface area is 100 Å². The number of hydrogen-bond donors (Lipinski definition) is 0. The molecule has 2 rings (SSSR count). The molecule has 0 aliphatic heterocycles. The van der Waals surface area contributed by atoms with E-state index in [1.165, 1.54) is 6.26 Å². The van der Waals surface area contributed by atoms with Crippen LogP contribution < -0.4 is 0 Å². The first-order valence-electron chi connectivity index (χ1n) is 5.54. The highest BCUT2D eigenvalue weighted by molar-refractivity contribution is 5.97. The molecule has 3 nitrogen and oxygen atoms in total. The number of aryl methyl sites for hydroxylation is 1. The summed E-state index contributed by atoms with van der Waals surface area (Å²) in [4.78, 5) is 11.8. The normalized spacial score (nSPS) is 10.2. The fourth-order valence-corrected chi connectivity index (χ4v) is 1.78. The lowest BCUT2D eigenvalue weighted by atomic mass is 10.0. The largest absolute Gasteiger partial charge is 0.468 e. The molecule has 0 aliphatic carbocycles. The van der Waals surface area contributed by atoms with Crippen LogP contribution in [0.2, 0.25) is 0 Å². The SMILES string of the molecule is CCOC(=O)c1coc(C)c1-c1ccccc1. The van der Waals surface area contributed by atoms with Gasteiger partial charge >= 0.3 is 5.97 Å². The molecule has 0 amide bonds. The summed E-state index contributed by atoms with van der Waals surface area (Å²) in [7, 11) is 0. The third kappa shape index (κ3) is 2.23. The molecule has 1 heterocycles. The van der Waals surface area contributed by atoms with Gasteiger partial charge in [-0.05, 0) is 19.4 Å². The van der Waals surface area contributed by atoms with Gasteiger partial charge < -0.3 is 9.15 Å². The first-order valence-corrected chi connectivity index (χ1v) is 5.54. The first kappa shape index (κ1) is 11.5. The van der Waals surface area contributed by atoms with Gasteiger partial charge in [0.1, 0.15) is 17.6 Å². The van der Waals surface area contributed by atoms with E-state index in [9.17, 15) is 4.79 Å². The topological polar surface area (TPSA) is 39.4 Å². The molecule has 3 heteroatoms. The maximum atomic E-state index is 11.8. The molecule has 0 N–H and O–H groups in total. The van der Waals surface area contributed by atoms with Crippen LogP contribution in [0.15, 0.2) is 41.0 Å². The van der Waals surface area contributed by atoms with Crippen molar-refractivity contribution in [2.24, 2.45) is 0 Å². The van der Waals surface area contributed by atoms with Gasteiger partial charge in [-0.15, -0.1) is 0 Å². The molecule has 0 bridgehead atoms. The van der Waals surface area contributed by atoms with E-state index in [0.717, 1.165) is 16.9 Å². The average molecular weight is 230 g/mol. The van der Waals surface area contributed by atoms with Crippen LogP contribution in [-0.2, 0) is 4.74 Å². The minimum Gasteiger partial charge on any atom is -0.468 e. The molecule has 88 valence electrons. The Morgan fingerprint density at radius 2 is 2.00 bits per heavy atom. The molecule has 2 aromatic rings. The monoisotopic (exact) mass is 230 g/mol. The Hall–Kier alpha value is -2.03. The fourth-order valence-electron chi connectivity index (χ4n) is 1.78. The fraction of sp³-hybridized carbons (Fsp3) is 0.214. The van der Waals surface area contributed by atoms with Crippen molar-refractivity contribution in [1.82, 2.24) is 0 Å². The minimum absolute atomic E-state index is 0.344. The highest BCUT2D eigenvalue weighted by Gasteiger charge is 2.19. The number of ether oxygens (including phenoxy) is 1. The van der Waals surface area contributed by atoms with Crippen molar-refractivity contribution >= 4 is 5.97 Å². The highest BCUT2D eigenvalue weighted by atomic mass is 16.5. The number of furan rings is 1. The Kier molecular flexibility index (Phi) is 3.28. The van der Waals surface area contributed by atoms with Gasteiger partial charge in [0.15, 0.2) is 0 Å². The van der Waals surface area contributed by atoms with Crippen molar-refractivity contribution in [3.05, 3.63) is 47.9 Å². The predicted molar refractivity (Wildman–Crippen MR) is 64.8 cm³/mol. The zero-order valence-electron chi connectivity index (χ0n) is 9.90. The standard InChI is InChI=1S/C14H14O3/c1-3-16-14(15)12-9-17-10(2)13(12)11-7-5-4-6-8-11/h4-9H,3H2,1-2H3. The molecule has 0 atom stereocenters. The van der Waals surface area contributed by atoms with Crippen LogP contribution in [0.5, 0.6) is 0 Å². The average Bonchev–Trinajstić information content (AvgIpc) is 2.73. The number of carbonyl (C=O) groups is 1. The molecule has 0 aliphatic rings. The lowest BCUT2D eigenvalue weighted by Gasteiger charge is -2.03. The first-order chi connectivity index (χ1) is 8.24. The van der Waals surface area contributed by atoms with Gasteiger partial charge in [0.05, 0.1) is 6.61 Å². The lowest BCUT2D eigenvalue weighted by molar-refractivity contribution is 0.0526. The third-order valence-electron chi connectivity index (χ3n) is 2.53. The van der Waals surface area contributed by atoms with E-state index in [-0.39, 0.29) is 5.97 Å². The van der Waals surface area contributed by atoms with Crippen molar-refractivity contribution in [1.29, 1.82) is 0 Å². The van der Waals surface area contributed by atoms with Crippen LogP contribution in [0.25, 0.3) is 11.1 Å². The molecule has 0 saturated heterocycles. The van der Waals surface area contributed by atoms with Crippen LogP contribution in [0.1, 0.15) is 23.0 Å². The zero-order valence-corrected chi connectivity index (χ0v) is 9.90. The number of benzene rings is 1. The maximum Gasteiger partial charge on any atom is 0.342 e. The Bertz CT molecular complexity index is 512. The Morgan fingerprint density at radius 3 is 2.65 bits per heavy atom. The van der Waals surface area contributed by atoms with Crippen LogP contribution in [0.3, 0.4) is 0 Å². The van der Waals surface area contributed by atoms with E-state index in [1.54, 1.807) is 6.92 Å². The Balaban J connectivity index is 2.47. The minimum atomic E-state index is -0.344. The van der Waals surface area contributed by atoms with Gasteiger partial charge in [-0.2, -0.15) is 0 Å². The van der Waals surface area contributed by atoms with Crippen molar-refractivity contribution in [3.8, 4) is 11.1 Å². The number of esters is 1. The van der Waals surface area contributed by atoms with Crippen molar-refractivity contribution in [2.75, 3.05) is 6.61 Å². The summed E-state index contributed by atoms with van der Waals surface area (Å²) in [6.07, 6.45) is 1.45. The second-order valence-corrected chi connectivity index (χ2v) is 3.67. The van der Waals surface area contributed by atoms with E-state index in [2.05, 4.69) is 0 Å². The van der Waals surface area contributed by atoms with Crippen LogP contribution in [0, 0.1) is 6.92 Å². The maximum absolute atomic E-state index is 11.8. The quantitative estimate of drug-likeness (QED) is 0.758. The van der Waals surface area contributed by atoms with Gasteiger partial charge in [-0.1, -0.05) is 30.3 Å². The predicted octanol–water partition coefficient (Wildman–Crippen LogP) is 3.43. The molecule has 0 radical (unpaired) electrons. The Morgan fingerprint density at radius 1 is 1.29 bits per heavy atom. The molecule has 17 heavy (non-hydrogen) atoms. The van der Waals surface area contributed by atoms with Gasteiger partial charge in [0.2, 0.25) is 0 Å². The number of rotatable bonds is 3.